The number of ether oxygens (including phenoxy) is 2. The first-order valence-corrected chi connectivity index (χ1v) is 7.76. The number of nitrogens with two attached hydrogens (primary N) is 1. The van der Waals surface area contributed by atoms with E-state index >= 15 is 0 Å². The molecule has 0 radical (unpaired) electrons. The van der Waals surface area contributed by atoms with Crippen molar-refractivity contribution in [1.82, 2.24) is 4.90 Å². The summed E-state index contributed by atoms with van der Waals surface area (Å²) < 4.78 is 10.7. The summed E-state index contributed by atoms with van der Waals surface area (Å²) in [5, 5.41) is 0. The molecular formula is C17H28N2O2. The van der Waals surface area contributed by atoms with Crippen LogP contribution in [0.15, 0.2) is 18.2 Å². The second kappa shape index (κ2) is 7.14. The average molecular weight is 292 g/mol. The lowest BCUT2D eigenvalue weighted by Crippen LogP contribution is -2.39. The molecule has 21 heavy (non-hydrogen) atoms. The van der Waals surface area contributed by atoms with E-state index in [9.17, 15) is 0 Å². The van der Waals surface area contributed by atoms with Crippen molar-refractivity contribution in [2.75, 3.05) is 21.3 Å². The molecule has 4 nitrogen and oxygen atoms in total. The van der Waals surface area contributed by atoms with E-state index in [-0.39, 0.29) is 0 Å². The third kappa shape index (κ3) is 3.69. The van der Waals surface area contributed by atoms with Crippen LogP contribution in [0.1, 0.15) is 44.2 Å². The van der Waals surface area contributed by atoms with Crippen LogP contribution >= 0.6 is 0 Å². The minimum Gasteiger partial charge on any atom is -0.493 e. The van der Waals surface area contributed by atoms with Crippen molar-refractivity contribution in [2.24, 2.45) is 5.73 Å². The second-order valence-corrected chi connectivity index (χ2v) is 6.02. The molecule has 0 spiro atoms. The molecule has 1 unspecified atom stereocenters. The Hall–Kier alpha value is -1.26. The maximum absolute atomic E-state index is 6.01. The molecule has 118 valence electrons. The van der Waals surface area contributed by atoms with Gasteiger partial charge >= 0.3 is 0 Å². The van der Waals surface area contributed by atoms with Crippen LogP contribution in [-0.2, 0) is 0 Å². The number of hydrogen-bond donors (Lipinski definition) is 1. The van der Waals surface area contributed by atoms with Gasteiger partial charge in [0.15, 0.2) is 11.5 Å². The van der Waals surface area contributed by atoms with Crippen molar-refractivity contribution < 1.29 is 9.47 Å². The molecule has 0 amide bonds. The van der Waals surface area contributed by atoms with Gasteiger partial charge in [0, 0.05) is 18.1 Å². The Balaban J connectivity index is 2.09. The van der Waals surface area contributed by atoms with Gasteiger partial charge in [-0.05, 0) is 57.4 Å². The van der Waals surface area contributed by atoms with Crippen LogP contribution in [-0.4, -0.2) is 38.3 Å². The number of hydrogen-bond acceptors (Lipinski definition) is 4. The summed E-state index contributed by atoms with van der Waals surface area (Å²) in [7, 11) is 5.56. The molecular weight excluding hydrogens is 264 g/mol. The molecule has 0 saturated heterocycles. The second-order valence-electron chi connectivity index (χ2n) is 6.02. The van der Waals surface area contributed by atoms with Gasteiger partial charge in [-0.3, -0.25) is 4.90 Å². The summed E-state index contributed by atoms with van der Waals surface area (Å²) in [5.74, 6) is 1.57. The zero-order valence-electron chi connectivity index (χ0n) is 13.6. The van der Waals surface area contributed by atoms with Crippen molar-refractivity contribution in [3.63, 3.8) is 0 Å². The van der Waals surface area contributed by atoms with Gasteiger partial charge in [-0.1, -0.05) is 6.07 Å². The fourth-order valence-corrected chi connectivity index (χ4v) is 3.17. The van der Waals surface area contributed by atoms with Gasteiger partial charge < -0.3 is 15.2 Å². The lowest BCUT2D eigenvalue weighted by molar-refractivity contribution is 0.140. The quantitative estimate of drug-likeness (QED) is 0.906. The molecule has 4 heteroatoms. The molecule has 0 aliphatic heterocycles. The molecule has 1 aromatic carbocycles. The Morgan fingerprint density at radius 3 is 2.29 bits per heavy atom. The lowest BCUT2D eigenvalue weighted by Gasteiger charge is -2.37. The summed E-state index contributed by atoms with van der Waals surface area (Å²) in [6.45, 7) is 2.25. The highest BCUT2D eigenvalue weighted by Gasteiger charge is 2.25. The normalized spacial score (nSPS) is 23.9. The van der Waals surface area contributed by atoms with E-state index in [4.69, 9.17) is 15.2 Å². The molecule has 1 aliphatic rings. The Bertz CT molecular complexity index is 456. The molecule has 2 N–H and O–H groups in total. The zero-order valence-corrected chi connectivity index (χ0v) is 13.6. The molecule has 1 aliphatic carbocycles. The molecule has 1 atom stereocenters. The first kappa shape index (κ1) is 16.1. The van der Waals surface area contributed by atoms with Gasteiger partial charge in [0.05, 0.1) is 14.2 Å². The molecule has 0 aromatic heterocycles. The number of benzene rings is 1. The smallest absolute Gasteiger partial charge is 0.161 e. The minimum atomic E-state index is 0.351. The molecule has 0 bridgehead atoms. The standard InChI is InChI=1S/C17H28N2O2/c1-12(19(2)15-8-6-14(18)7-9-15)13-5-10-16(20-3)17(11-13)21-4/h5,10-12,14-15H,6-9,18H2,1-4H3. The Labute approximate surface area is 128 Å². The van der Waals surface area contributed by atoms with Crippen LogP contribution in [0.25, 0.3) is 0 Å². The zero-order chi connectivity index (χ0) is 15.4. The first-order chi connectivity index (χ1) is 10.1. The summed E-state index contributed by atoms with van der Waals surface area (Å²) in [6.07, 6.45) is 4.64. The van der Waals surface area contributed by atoms with Crippen molar-refractivity contribution in [1.29, 1.82) is 0 Å². The molecule has 1 aromatic rings. The summed E-state index contributed by atoms with van der Waals surface area (Å²) in [5.41, 5.74) is 7.26. The topological polar surface area (TPSA) is 47.7 Å². The van der Waals surface area contributed by atoms with E-state index in [1.807, 2.05) is 6.07 Å². The van der Waals surface area contributed by atoms with E-state index in [2.05, 4.69) is 31.0 Å². The Kier molecular flexibility index (Phi) is 5.48. The van der Waals surface area contributed by atoms with Gasteiger partial charge in [-0.25, -0.2) is 0 Å². The van der Waals surface area contributed by atoms with E-state index in [0.717, 1.165) is 24.3 Å². The number of nitrogens with zero attached hydrogens (tertiary/aromatic N) is 1. The lowest BCUT2D eigenvalue weighted by atomic mass is 9.89. The van der Waals surface area contributed by atoms with Crippen LogP contribution in [0.2, 0.25) is 0 Å². The van der Waals surface area contributed by atoms with Gasteiger partial charge in [0.25, 0.3) is 0 Å². The fourth-order valence-electron chi connectivity index (χ4n) is 3.17. The Morgan fingerprint density at radius 2 is 1.71 bits per heavy atom. The summed E-state index contributed by atoms with van der Waals surface area (Å²) >= 11 is 0. The summed E-state index contributed by atoms with van der Waals surface area (Å²) in [6, 6.07) is 7.55. The van der Waals surface area contributed by atoms with Crippen LogP contribution in [0, 0.1) is 0 Å². The van der Waals surface area contributed by atoms with Crippen LogP contribution < -0.4 is 15.2 Å². The summed E-state index contributed by atoms with van der Waals surface area (Å²) in [4.78, 5) is 2.47. The highest BCUT2D eigenvalue weighted by atomic mass is 16.5. The molecule has 1 saturated carbocycles. The van der Waals surface area contributed by atoms with E-state index < -0.39 is 0 Å². The largest absolute Gasteiger partial charge is 0.493 e. The molecule has 1 fully saturated rings. The van der Waals surface area contributed by atoms with Crippen LogP contribution in [0.3, 0.4) is 0 Å². The molecule has 2 rings (SSSR count). The Morgan fingerprint density at radius 1 is 1.10 bits per heavy atom. The van der Waals surface area contributed by atoms with Gasteiger partial charge in [-0.15, -0.1) is 0 Å². The molecule has 0 heterocycles. The third-order valence-corrected chi connectivity index (χ3v) is 4.82. The van der Waals surface area contributed by atoms with Gasteiger partial charge in [0.2, 0.25) is 0 Å². The predicted octanol–water partition coefficient (Wildman–Crippen LogP) is 2.97. The maximum atomic E-state index is 6.01. The van der Waals surface area contributed by atoms with E-state index in [1.54, 1.807) is 14.2 Å². The SMILES string of the molecule is COc1ccc(C(C)N(C)C2CCC(N)CC2)cc1OC. The van der Waals surface area contributed by atoms with Crippen LogP contribution in [0.4, 0.5) is 0 Å². The average Bonchev–Trinajstić information content (AvgIpc) is 2.53. The number of rotatable bonds is 5. The van der Waals surface area contributed by atoms with Gasteiger partial charge in [0.1, 0.15) is 0 Å². The van der Waals surface area contributed by atoms with Crippen molar-refractivity contribution in [2.45, 2.75) is 50.7 Å². The minimum absolute atomic E-state index is 0.351. The highest BCUT2D eigenvalue weighted by molar-refractivity contribution is 5.43. The van der Waals surface area contributed by atoms with Crippen molar-refractivity contribution >= 4 is 0 Å². The van der Waals surface area contributed by atoms with Gasteiger partial charge in [-0.2, -0.15) is 0 Å². The highest BCUT2D eigenvalue weighted by Crippen LogP contribution is 2.33. The van der Waals surface area contributed by atoms with Crippen molar-refractivity contribution in [3.05, 3.63) is 23.8 Å². The van der Waals surface area contributed by atoms with E-state index in [1.165, 1.54) is 18.4 Å². The fraction of sp³-hybridized carbons (Fsp3) is 0.647. The van der Waals surface area contributed by atoms with E-state index in [0.29, 0.717) is 18.1 Å². The maximum Gasteiger partial charge on any atom is 0.161 e. The third-order valence-electron chi connectivity index (χ3n) is 4.82. The first-order valence-electron chi connectivity index (χ1n) is 7.76. The van der Waals surface area contributed by atoms with Crippen LogP contribution in [0.5, 0.6) is 11.5 Å². The van der Waals surface area contributed by atoms with Crippen molar-refractivity contribution in [3.8, 4) is 11.5 Å². The number of methoxy groups -OCH3 is 2. The monoisotopic (exact) mass is 292 g/mol. The predicted molar refractivity (Wildman–Crippen MR) is 86.0 cm³/mol.